The van der Waals surface area contributed by atoms with E-state index in [9.17, 15) is 9.59 Å². The molecule has 0 spiro atoms. The summed E-state index contributed by atoms with van der Waals surface area (Å²) in [7, 11) is 0. The van der Waals surface area contributed by atoms with Crippen LogP contribution in [-0.2, 0) is 9.53 Å². The number of aliphatic imine (C=N–C) groups is 1. The number of para-hydroxylation sites is 1. The van der Waals surface area contributed by atoms with Crippen molar-refractivity contribution in [3.05, 3.63) is 103 Å². The third-order valence-corrected chi connectivity index (χ3v) is 7.30. The quantitative estimate of drug-likeness (QED) is 0.144. The molecule has 1 aliphatic rings. The third-order valence-electron chi connectivity index (χ3n) is 4.90. The Morgan fingerprint density at radius 3 is 2.62 bits per heavy atom. The van der Waals surface area contributed by atoms with Gasteiger partial charge in [-0.3, -0.25) is 0 Å². The first-order chi connectivity index (χ1) is 16.4. The first-order valence-corrected chi connectivity index (χ1v) is 12.2. The highest BCUT2D eigenvalue weighted by molar-refractivity contribution is 9.10. The van der Waals surface area contributed by atoms with Crippen molar-refractivity contribution in [2.75, 3.05) is 0 Å². The van der Waals surface area contributed by atoms with E-state index in [-0.39, 0.29) is 22.2 Å². The van der Waals surface area contributed by atoms with E-state index in [1.807, 2.05) is 12.1 Å². The maximum atomic E-state index is 12.9. The standard InChI is InChI=1S/C25H12BrCl2NO4S/c26-15-7-5-13(6-8-15)23-29-18(24(30)33-23)11-14-3-1-2-4-19(14)32-25(31)22-21(28)17-10-9-16(27)12-20(17)34-22/h1-12H/b18-11+. The van der Waals surface area contributed by atoms with E-state index >= 15 is 0 Å². The summed E-state index contributed by atoms with van der Waals surface area (Å²) in [5, 5.41) is 1.58. The molecule has 0 N–H and O–H groups in total. The molecule has 168 valence electrons. The molecule has 0 bridgehead atoms. The zero-order chi connectivity index (χ0) is 23.8. The van der Waals surface area contributed by atoms with Crippen LogP contribution < -0.4 is 4.74 Å². The maximum absolute atomic E-state index is 12.9. The van der Waals surface area contributed by atoms with Crippen LogP contribution in [0.1, 0.15) is 20.8 Å². The zero-order valence-corrected chi connectivity index (χ0v) is 21.0. The van der Waals surface area contributed by atoms with Crippen LogP contribution >= 0.6 is 50.5 Å². The van der Waals surface area contributed by atoms with Gasteiger partial charge in [0.2, 0.25) is 5.90 Å². The number of thiophene rings is 1. The normalized spacial score (nSPS) is 14.4. The van der Waals surface area contributed by atoms with Gasteiger partial charge in [-0.1, -0.05) is 63.4 Å². The van der Waals surface area contributed by atoms with Gasteiger partial charge in [-0.15, -0.1) is 11.3 Å². The fourth-order valence-electron chi connectivity index (χ4n) is 3.28. The molecule has 3 aromatic carbocycles. The second-order valence-electron chi connectivity index (χ2n) is 7.16. The van der Waals surface area contributed by atoms with Gasteiger partial charge in [0.1, 0.15) is 10.6 Å². The van der Waals surface area contributed by atoms with Gasteiger partial charge in [0, 0.05) is 30.7 Å². The number of rotatable bonds is 4. The molecule has 0 amide bonds. The molecular weight excluding hydrogens is 561 g/mol. The number of carbonyl (C=O) groups is 2. The average molecular weight is 573 g/mol. The van der Waals surface area contributed by atoms with Crippen LogP contribution in [0.2, 0.25) is 10.0 Å². The maximum Gasteiger partial charge on any atom is 0.363 e. The molecule has 1 aliphatic heterocycles. The van der Waals surface area contributed by atoms with Gasteiger partial charge in [0.25, 0.3) is 0 Å². The van der Waals surface area contributed by atoms with E-state index in [1.165, 1.54) is 17.4 Å². The summed E-state index contributed by atoms with van der Waals surface area (Å²) < 4.78 is 12.6. The number of cyclic esters (lactones) is 1. The zero-order valence-electron chi connectivity index (χ0n) is 17.1. The van der Waals surface area contributed by atoms with Crippen molar-refractivity contribution < 1.29 is 19.1 Å². The van der Waals surface area contributed by atoms with E-state index in [0.717, 1.165) is 14.6 Å². The molecule has 0 saturated carbocycles. The number of fused-ring (bicyclic) bond motifs is 1. The Hall–Kier alpha value is -2.97. The number of hydrogen-bond donors (Lipinski definition) is 0. The van der Waals surface area contributed by atoms with E-state index < -0.39 is 11.9 Å². The van der Waals surface area contributed by atoms with E-state index in [4.69, 9.17) is 32.7 Å². The van der Waals surface area contributed by atoms with Crippen LogP contribution in [0.4, 0.5) is 0 Å². The Balaban J connectivity index is 1.44. The average Bonchev–Trinajstić information content (AvgIpc) is 3.35. The minimum absolute atomic E-state index is 0.0935. The largest absolute Gasteiger partial charge is 0.422 e. The van der Waals surface area contributed by atoms with Gasteiger partial charge < -0.3 is 9.47 Å². The molecule has 5 rings (SSSR count). The Morgan fingerprint density at radius 2 is 1.82 bits per heavy atom. The van der Waals surface area contributed by atoms with Crippen LogP contribution in [0.15, 0.2) is 81.9 Å². The molecule has 0 fully saturated rings. The SMILES string of the molecule is O=C1OC(c2ccc(Br)cc2)=N/C1=C/c1ccccc1OC(=O)c1sc2cc(Cl)ccc2c1Cl. The summed E-state index contributed by atoms with van der Waals surface area (Å²) in [6.45, 7) is 0. The lowest BCUT2D eigenvalue weighted by Gasteiger charge is -2.07. The molecule has 0 unspecified atom stereocenters. The molecular formula is C25H12BrCl2NO4S. The monoisotopic (exact) mass is 571 g/mol. The summed E-state index contributed by atoms with van der Waals surface area (Å²) in [4.78, 5) is 29.9. The Labute approximate surface area is 216 Å². The molecule has 4 aromatic rings. The van der Waals surface area contributed by atoms with Crippen LogP contribution in [0, 0.1) is 0 Å². The number of hydrogen-bond acceptors (Lipinski definition) is 6. The number of halogens is 3. The first-order valence-electron chi connectivity index (χ1n) is 9.86. The second-order valence-corrected chi connectivity index (χ2v) is 9.94. The highest BCUT2D eigenvalue weighted by Gasteiger charge is 2.25. The molecule has 34 heavy (non-hydrogen) atoms. The number of esters is 2. The molecule has 0 saturated heterocycles. The summed E-state index contributed by atoms with van der Waals surface area (Å²) in [5.41, 5.74) is 1.25. The summed E-state index contributed by atoms with van der Waals surface area (Å²) in [6, 6.07) is 19.3. The summed E-state index contributed by atoms with van der Waals surface area (Å²) in [6.07, 6.45) is 1.52. The van der Waals surface area contributed by atoms with Gasteiger partial charge in [-0.2, -0.15) is 0 Å². The highest BCUT2D eigenvalue weighted by atomic mass is 79.9. The van der Waals surface area contributed by atoms with Crippen molar-refractivity contribution in [3.63, 3.8) is 0 Å². The van der Waals surface area contributed by atoms with Crippen molar-refractivity contribution in [1.82, 2.24) is 0 Å². The lowest BCUT2D eigenvalue weighted by Crippen LogP contribution is -2.08. The van der Waals surface area contributed by atoms with Gasteiger partial charge in [-0.05, 0) is 48.5 Å². The number of ether oxygens (including phenoxy) is 2. The van der Waals surface area contributed by atoms with Crippen molar-refractivity contribution in [1.29, 1.82) is 0 Å². The fraction of sp³-hybridized carbons (Fsp3) is 0. The van der Waals surface area contributed by atoms with Crippen LogP contribution in [0.5, 0.6) is 5.75 Å². The van der Waals surface area contributed by atoms with Crippen molar-refractivity contribution >= 4 is 84.5 Å². The van der Waals surface area contributed by atoms with Gasteiger partial charge >= 0.3 is 11.9 Å². The highest BCUT2D eigenvalue weighted by Crippen LogP contribution is 2.37. The molecule has 9 heteroatoms. The Bertz CT molecular complexity index is 1530. The molecule has 0 atom stereocenters. The van der Waals surface area contributed by atoms with E-state index in [0.29, 0.717) is 21.2 Å². The summed E-state index contributed by atoms with van der Waals surface area (Å²) >= 11 is 17.0. The first kappa shape index (κ1) is 22.8. The minimum Gasteiger partial charge on any atom is -0.422 e. The molecule has 5 nitrogen and oxygen atoms in total. The molecule has 0 aliphatic carbocycles. The third kappa shape index (κ3) is 4.52. The number of nitrogens with zero attached hydrogens (tertiary/aromatic N) is 1. The lowest BCUT2D eigenvalue weighted by molar-refractivity contribution is -0.129. The number of carbonyl (C=O) groups excluding carboxylic acids is 2. The molecule has 0 radical (unpaired) electrons. The van der Waals surface area contributed by atoms with Crippen LogP contribution in [-0.4, -0.2) is 17.8 Å². The molecule has 1 aromatic heterocycles. The smallest absolute Gasteiger partial charge is 0.363 e. The van der Waals surface area contributed by atoms with E-state index in [2.05, 4.69) is 20.9 Å². The van der Waals surface area contributed by atoms with Crippen LogP contribution in [0.3, 0.4) is 0 Å². The minimum atomic E-state index is -0.610. The topological polar surface area (TPSA) is 65.0 Å². The van der Waals surface area contributed by atoms with Crippen LogP contribution in [0.25, 0.3) is 16.2 Å². The summed E-state index contributed by atoms with van der Waals surface area (Å²) in [5.74, 6) is -0.745. The molecule has 2 heterocycles. The second kappa shape index (κ2) is 9.35. The van der Waals surface area contributed by atoms with E-state index in [1.54, 1.807) is 54.6 Å². The van der Waals surface area contributed by atoms with Crippen molar-refractivity contribution in [3.8, 4) is 5.75 Å². The van der Waals surface area contributed by atoms with Crippen molar-refractivity contribution in [2.45, 2.75) is 0 Å². The number of benzene rings is 3. The van der Waals surface area contributed by atoms with Gasteiger partial charge in [0.05, 0.1) is 5.02 Å². The Kier molecular flexibility index (Phi) is 6.27. The Morgan fingerprint density at radius 1 is 1.06 bits per heavy atom. The fourth-order valence-corrected chi connectivity index (χ4v) is 5.21. The lowest BCUT2D eigenvalue weighted by atomic mass is 10.1. The van der Waals surface area contributed by atoms with Gasteiger partial charge in [-0.25, -0.2) is 14.6 Å². The predicted molar refractivity (Wildman–Crippen MR) is 138 cm³/mol. The van der Waals surface area contributed by atoms with Gasteiger partial charge in [0.15, 0.2) is 5.70 Å². The predicted octanol–water partition coefficient (Wildman–Crippen LogP) is 7.53. The van der Waals surface area contributed by atoms with Crippen molar-refractivity contribution in [2.24, 2.45) is 4.99 Å².